The number of aromatic hydroxyl groups is 1. The van der Waals surface area contributed by atoms with Crippen molar-refractivity contribution in [2.24, 2.45) is 5.92 Å². The number of methoxy groups -OCH3 is 3. The van der Waals surface area contributed by atoms with Gasteiger partial charge in [-0.3, -0.25) is 4.79 Å². The molecule has 0 fully saturated rings. The van der Waals surface area contributed by atoms with Gasteiger partial charge in [-0.15, -0.1) is 0 Å². The molecule has 4 atom stereocenters. The van der Waals surface area contributed by atoms with E-state index in [1.807, 2.05) is 0 Å². The second kappa shape index (κ2) is 10.8. The highest BCUT2D eigenvalue weighted by molar-refractivity contribution is 5.91. The van der Waals surface area contributed by atoms with Gasteiger partial charge in [-0.05, 0) is 32.9 Å². The van der Waals surface area contributed by atoms with Gasteiger partial charge >= 0.3 is 11.9 Å². The van der Waals surface area contributed by atoms with Gasteiger partial charge in [0, 0.05) is 40.7 Å². The van der Waals surface area contributed by atoms with Gasteiger partial charge in [0.25, 0.3) is 0 Å². The SMILES string of the molecule is CC=C(C)C(=O)O[C@@H]1c2cc(OC)c(OC)c(O)c2-c2c(cc3c(c2OC)OCO3)[C@@H](OC(C)=O)[C@H](C)[C@]1(C)O. The summed E-state index contributed by atoms with van der Waals surface area (Å²) in [7, 11) is 4.17. The van der Waals surface area contributed by atoms with Gasteiger partial charge < -0.3 is 43.4 Å². The predicted molar refractivity (Wildman–Crippen MR) is 142 cm³/mol. The highest BCUT2D eigenvalue weighted by atomic mass is 16.7. The fourth-order valence-electron chi connectivity index (χ4n) is 5.15. The van der Waals surface area contributed by atoms with Crippen molar-refractivity contribution in [3.05, 3.63) is 34.9 Å². The lowest BCUT2D eigenvalue weighted by atomic mass is 9.71. The molecule has 0 saturated carbocycles. The van der Waals surface area contributed by atoms with Crippen molar-refractivity contribution in [2.45, 2.75) is 52.4 Å². The second-order valence-corrected chi connectivity index (χ2v) is 9.83. The number of hydrogen-bond donors (Lipinski definition) is 2. The maximum atomic E-state index is 13.1. The van der Waals surface area contributed by atoms with Gasteiger partial charge in [-0.2, -0.15) is 0 Å². The van der Waals surface area contributed by atoms with Crippen molar-refractivity contribution in [1.82, 2.24) is 0 Å². The van der Waals surface area contributed by atoms with E-state index in [1.54, 1.807) is 32.9 Å². The number of fused-ring (bicyclic) bond motifs is 4. The Kier molecular flexibility index (Phi) is 7.80. The fourth-order valence-corrected chi connectivity index (χ4v) is 5.15. The molecule has 2 aliphatic rings. The van der Waals surface area contributed by atoms with E-state index >= 15 is 0 Å². The summed E-state index contributed by atoms with van der Waals surface area (Å²) in [4.78, 5) is 25.5. The van der Waals surface area contributed by atoms with Gasteiger partial charge in [0.2, 0.25) is 18.3 Å². The number of phenolic OH excluding ortho intramolecular Hbond substituents is 1. The molecule has 11 nitrogen and oxygen atoms in total. The molecule has 1 aliphatic carbocycles. The Labute approximate surface area is 232 Å². The highest BCUT2D eigenvalue weighted by Crippen LogP contribution is 2.61. The number of carbonyl (C=O) groups excluding carboxylic acids is 2. The van der Waals surface area contributed by atoms with Crippen LogP contribution in [0.1, 0.15) is 58.0 Å². The summed E-state index contributed by atoms with van der Waals surface area (Å²) < 4.78 is 39.9. The average Bonchev–Trinajstić information content (AvgIpc) is 3.40. The zero-order chi connectivity index (χ0) is 29.5. The summed E-state index contributed by atoms with van der Waals surface area (Å²) in [6, 6.07) is 3.15. The third-order valence-electron chi connectivity index (χ3n) is 7.55. The standard InChI is InChI=1S/C29H34O11/c1-9-13(2)28(32)40-27-17-11-18(34-6)24(35-7)22(31)20(17)21-16(10-19-25(26(21)36-8)38-12-37-19)23(39-15(4)30)14(3)29(27,5)33/h9-11,14,23,27,31,33H,12H2,1-8H3/t14-,23-,27+,29-/m0/s1. The first kappa shape index (κ1) is 28.9. The zero-order valence-electron chi connectivity index (χ0n) is 23.7. The third-order valence-corrected chi connectivity index (χ3v) is 7.55. The number of phenols is 1. The first-order chi connectivity index (χ1) is 18.9. The lowest BCUT2D eigenvalue weighted by Gasteiger charge is -2.43. The van der Waals surface area contributed by atoms with Gasteiger partial charge in [0.15, 0.2) is 29.1 Å². The second-order valence-electron chi connectivity index (χ2n) is 9.83. The molecule has 0 unspecified atom stereocenters. The molecule has 0 spiro atoms. The van der Waals surface area contributed by atoms with Crippen LogP contribution >= 0.6 is 0 Å². The van der Waals surface area contributed by atoms with E-state index in [0.29, 0.717) is 16.9 Å². The molecule has 1 aliphatic heterocycles. The Hall–Kier alpha value is -4.12. The number of aliphatic hydroxyl groups is 1. The quantitative estimate of drug-likeness (QED) is 0.386. The fraction of sp³-hybridized carbons (Fsp3) is 0.448. The summed E-state index contributed by atoms with van der Waals surface area (Å²) >= 11 is 0. The van der Waals surface area contributed by atoms with Crippen LogP contribution in [0.2, 0.25) is 0 Å². The Bertz CT molecular complexity index is 1380. The van der Waals surface area contributed by atoms with E-state index in [0.717, 1.165) is 0 Å². The van der Waals surface area contributed by atoms with Crippen molar-refractivity contribution in [3.8, 4) is 45.6 Å². The smallest absolute Gasteiger partial charge is 0.334 e. The number of hydrogen-bond acceptors (Lipinski definition) is 11. The Morgan fingerprint density at radius 3 is 2.25 bits per heavy atom. The minimum atomic E-state index is -1.86. The minimum absolute atomic E-state index is 0.0149. The van der Waals surface area contributed by atoms with Crippen molar-refractivity contribution in [3.63, 3.8) is 0 Å². The number of rotatable bonds is 6. The van der Waals surface area contributed by atoms with Crippen LogP contribution in [0.3, 0.4) is 0 Å². The largest absolute Gasteiger partial charge is 0.504 e. The number of carbonyl (C=O) groups is 2. The first-order valence-electron chi connectivity index (χ1n) is 12.6. The highest BCUT2D eigenvalue weighted by Gasteiger charge is 2.51. The van der Waals surface area contributed by atoms with E-state index in [1.165, 1.54) is 41.2 Å². The molecule has 4 rings (SSSR count). The lowest BCUT2D eigenvalue weighted by molar-refractivity contribution is -0.182. The third kappa shape index (κ3) is 4.53. The Morgan fingerprint density at radius 1 is 1.00 bits per heavy atom. The molecule has 0 bridgehead atoms. The maximum absolute atomic E-state index is 13.1. The molecule has 0 radical (unpaired) electrons. The molecular formula is C29H34O11. The van der Waals surface area contributed by atoms with E-state index in [2.05, 4.69) is 0 Å². The number of ether oxygens (including phenoxy) is 7. The topological polar surface area (TPSA) is 139 Å². The van der Waals surface area contributed by atoms with Gasteiger partial charge in [-0.25, -0.2) is 4.79 Å². The van der Waals surface area contributed by atoms with Gasteiger partial charge in [0.1, 0.15) is 11.7 Å². The molecular weight excluding hydrogens is 524 g/mol. The van der Waals surface area contributed by atoms with Crippen LogP contribution in [-0.2, 0) is 19.1 Å². The molecule has 2 N–H and O–H groups in total. The van der Waals surface area contributed by atoms with Crippen LogP contribution in [0.5, 0.6) is 34.5 Å². The van der Waals surface area contributed by atoms with Crippen LogP contribution in [-0.4, -0.2) is 55.9 Å². The average molecular weight is 559 g/mol. The summed E-state index contributed by atoms with van der Waals surface area (Å²) in [5.74, 6) is -1.68. The first-order valence-corrected chi connectivity index (χ1v) is 12.6. The number of allylic oxidation sites excluding steroid dienone is 1. The summed E-state index contributed by atoms with van der Waals surface area (Å²) in [6.45, 7) is 7.57. The minimum Gasteiger partial charge on any atom is -0.504 e. The molecule has 11 heteroatoms. The molecule has 0 saturated heterocycles. The molecule has 40 heavy (non-hydrogen) atoms. The Morgan fingerprint density at radius 2 is 1.68 bits per heavy atom. The summed E-state index contributed by atoms with van der Waals surface area (Å²) in [5, 5.41) is 23.9. The monoisotopic (exact) mass is 558 g/mol. The van der Waals surface area contributed by atoms with E-state index in [9.17, 15) is 19.8 Å². The van der Waals surface area contributed by atoms with Crippen LogP contribution in [0.15, 0.2) is 23.8 Å². The normalized spacial score (nSPS) is 23.2. The van der Waals surface area contributed by atoms with E-state index in [-0.39, 0.29) is 52.2 Å². The molecule has 0 aromatic heterocycles. The maximum Gasteiger partial charge on any atom is 0.334 e. The van der Waals surface area contributed by atoms with Crippen molar-refractivity contribution >= 4 is 11.9 Å². The number of benzene rings is 2. The van der Waals surface area contributed by atoms with Crippen molar-refractivity contribution in [1.29, 1.82) is 0 Å². The van der Waals surface area contributed by atoms with Crippen LogP contribution in [0.25, 0.3) is 11.1 Å². The predicted octanol–water partition coefficient (Wildman–Crippen LogP) is 4.37. The summed E-state index contributed by atoms with van der Waals surface area (Å²) in [6.07, 6.45) is -0.903. The van der Waals surface area contributed by atoms with E-state index < -0.39 is 35.7 Å². The van der Waals surface area contributed by atoms with Crippen LogP contribution in [0.4, 0.5) is 0 Å². The molecule has 216 valence electrons. The van der Waals surface area contributed by atoms with Crippen molar-refractivity contribution in [2.75, 3.05) is 28.1 Å². The number of esters is 2. The van der Waals surface area contributed by atoms with Crippen LogP contribution < -0.4 is 23.7 Å². The summed E-state index contributed by atoms with van der Waals surface area (Å²) in [5.41, 5.74) is -0.618. The Balaban J connectivity index is 2.22. The lowest BCUT2D eigenvalue weighted by Crippen LogP contribution is -2.46. The molecule has 0 amide bonds. The van der Waals surface area contributed by atoms with Crippen LogP contribution in [0, 0.1) is 5.92 Å². The molecule has 2 aromatic rings. The van der Waals surface area contributed by atoms with Crippen molar-refractivity contribution < 1.29 is 53.0 Å². The molecule has 1 heterocycles. The van der Waals surface area contributed by atoms with E-state index in [4.69, 9.17) is 33.2 Å². The molecule has 2 aromatic carbocycles. The zero-order valence-corrected chi connectivity index (χ0v) is 23.7. The van der Waals surface area contributed by atoms with Gasteiger partial charge in [-0.1, -0.05) is 13.0 Å². The van der Waals surface area contributed by atoms with Gasteiger partial charge in [0.05, 0.1) is 21.3 Å².